The van der Waals surface area contributed by atoms with Crippen molar-refractivity contribution in [3.8, 4) is 29.1 Å². The van der Waals surface area contributed by atoms with E-state index in [0.29, 0.717) is 34.1 Å². The molecule has 8 nitrogen and oxygen atoms in total. The first-order valence-corrected chi connectivity index (χ1v) is 9.87. The number of nitro benzene ring substituents is 1. The summed E-state index contributed by atoms with van der Waals surface area (Å²) in [5, 5.41) is 20.5. The molecule has 0 unspecified atom stereocenters. The van der Waals surface area contributed by atoms with Gasteiger partial charge in [0.05, 0.1) is 37.9 Å². The summed E-state index contributed by atoms with van der Waals surface area (Å²) in [4.78, 5) is 10.3. The van der Waals surface area contributed by atoms with Crippen molar-refractivity contribution in [2.24, 2.45) is 0 Å². The molecule has 0 aliphatic carbocycles. The van der Waals surface area contributed by atoms with Crippen LogP contribution in [0, 0.1) is 21.4 Å². The van der Waals surface area contributed by atoms with Crippen LogP contribution in [-0.2, 0) is 6.61 Å². The maximum atomic E-state index is 10.8. The normalized spacial score (nSPS) is 10.8. The van der Waals surface area contributed by atoms with Gasteiger partial charge in [0.25, 0.3) is 5.69 Å². The molecule has 0 saturated heterocycles. The maximum absolute atomic E-state index is 10.8. The monoisotopic (exact) mass is 446 g/mol. The van der Waals surface area contributed by atoms with Crippen molar-refractivity contribution >= 4 is 17.3 Å². The van der Waals surface area contributed by atoms with Crippen LogP contribution in [0.1, 0.15) is 16.7 Å². The number of rotatable bonds is 9. The largest absolute Gasteiger partial charge is 0.493 e. The molecule has 0 fully saturated rings. The summed E-state index contributed by atoms with van der Waals surface area (Å²) in [5.74, 6) is 2.12. The molecule has 0 saturated carbocycles. The number of hydrogen-bond donors (Lipinski definition) is 0. The zero-order valence-electron chi connectivity index (χ0n) is 18.4. The Hall–Kier alpha value is -4.51. The molecule has 0 spiro atoms. The number of hydrogen-bond acceptors (Lipinski definition) is 7. The van der Waals surface area contributed by atoms with E-state index in [9.17, 15) is 15.4 Å². The summed E-state index contributed by atoms with van der Waals surface area (Å²) in [5.41, 5.74) is 2.69. The van der Waals surface area contributed by atoms with Gasteiger partial charge in [-0.15, -0.1) is 0 Å². The molecule has 0 heterocycles. The minimum absolute atomic E-state index is 0.0234. The summed E-state index contributed by atoms with van der Waals surface area (Å²) >= 11 is 0. The van der Waals surface area contributed by atoms with Crippen molar-refractivity contribution in [3.63, 3.8) is 0 Å². The molecule has 0 aliphatic heterocycles. The topological polar surface area (TPSA) is 104 Å². The predicted octanol–water partition coefficient (Wildman–Crippen LogP) is 5.26. The van der Waals surface area contributed by atoms with Crippen LogP contribution in [0.4, 0.5) is 5.69 Å². The standard InChI is InChI=1S/C25H22N2O6/c1-30-22-11-7-19(14-25(22)32-3)20(15-26)12-18-6-10-23(24(13-18)31-2)33-16-17-4-8-21(9-5-17)27(28)29/h4-14H,16H2,1-3H3/b20-12+. The van der Waals surface area contributed by atoms with Gasteiger partial charge in [0, 0.05) is 12.1 Å². The van der Waals surface area contributed by atoms with E-state index in [0.717, 1.165) is 11.1 Å². The second-order valence-electron chi connectivity index (χ2n) is 6.86. The van der Waals surface area contributed by atoms with E-state index >= 15 is 0 Å². The second-order valence-corrected chi connectivity index (χ2v) is 6.86. The molecule has 0 amide bonds. The van der Waals surface area contributed by atoms with Crippen LogP contribution in [0.15, 0.2) is 60.7 Å². The van der Waals surface area contributed by atoms with Gasteiger partial charge in [-0.2, -0.15) is 5.26 Å². The molecule has 0 aromatic heterocycles. The third-order valence-electron chi connectivity index (χ3n) is 4.86. The van der Waals surface area contributed by atoms with E-state index in [-0.39, 0.29) is 12.3 Å². The van der Waals surface area contributed by atoms with Crippen LogP contribution in [0.5, 0.6) is 23.0 Å². The molecule has 3 aromatic carbocycles. The Labute approximate surface area is 191 Å². The van der Waals surface area contributed by atoms with E-state index < -0.39 is 4.92 Å². The lowest BCUT2D eigenvalue weighted by Crippen LogP contribution is -1.98. The summed E-state index contributed by atoms with van der Waals surface area (Å²) < 4.78 is 21.9. The zero-order valence-corrected chi connectivity index (χ0v) is 18.4. The summed E-state index contributed by atoms with van der Waals surface area (Å²) in [6.45, 7) is 0.221. The number of allylic oxidation sites excluding steroid dienone is 1. The highest BCUT2D eigenvalue weighted by molar-refractivity contribution is 5.90. The Balaban J connectivity index is 1.81. The van der Waals surface area contributed by atoms with Gasteiger partial charge in [-0.3, -0.25) is 10.1 Å². The van der Waals surface area contributed by atoms with Crippen LogP contribution in [-0.4, -0.2) is 26.3 Å². The molecule has 33 heavy (non-hydrogen) atoms. The third-order valence-corrected chi connectivity index (χ3v) is 4.86. The van der Waals surface area contributed by atoms with Gasteiger partial charge < -0.3 is 18.9 Å². The van der Waals surface area contributed by atoms with Crippen molar-refractivity contribution < 1.29 is 23.9 Å². The van der Waals surface area contributed by atoms with E-state index in [1.165, 1.54) is 26.4 Å². The fourth-order valence-electron chi connectivity index (χ4n) is 3.12. The smallest absolute Gasteiger partial charge is 0.269 e. The predicted molar refractivity (Wildman–Crippen MR) is 123 cm³/mol. The molecular weight excluding hydrogens is 424 g/mol. The van der Waals surface area contributed by atoms with Crippen molar-refractivity contribution in [2.45, 2.75) is 6.61 Å². The molecule has 3 rings (SSSR count). The van der Waals surface area contributed by atoms with Gasteiger partial charge in [-0.1, -0.05) is 6.07 Å². The minimum atomic E-state index is -0.447. The average Bonchev–Trinajstić information content (AvgIpc) is 2.86. The molecule has 3 aromatic rings. The number of benzene rings is 3. The minimum Gasteiger partial charge on any atom is -0.493 e. The number of non-ortho nitro benzene ring substituents is 1. The summed E-state index contributed by atoms with van der Waals surface area (Å²) in [6.07, 6.45) is 1.74. The average molecular weight is 446 g/mol. The summed E-state index contributed by atoms with van der Waals surface area (Å²) in [6, 6.07) is 19.0. The zero-order chi connectivity index (χ0) is 23.8. The van der Waals surface area contributed by atoms with Crippen LogP contribution in [0.3, 0.4) is 0 Å². The van der Waals surface area contributed by atoms with E-state index in [1.54, 1.807) is 55.7 Å². The lowest BCUT2D eigenvalue weighted by atomic mass is 10.0. The molecule has 0 bridgehead atoms. The van der Waals surface area contributed by atoms with E-state index in [4.69, 9.17) is 18.9 Å². The highest BCUT2D eigenvalue weighted by Gasteiger charge is 2.11. The summed E-state index contributed by atoms with van der Waals surface area (Å²) in [7, 11) is 4.62. The van der Waals surface area contributed by atoms with Crippen LogP contribution < -0.4 is 18.9 Å². The third kappa shape index (κ3) is 5.60. The number of ether oxygens (including phenoxy) is 4. The van der Waals surface area contributed by atoms with Gasteiger partial charge in [-0.25, -0.2) is 0 Å². The molecule has 0 radical (unpaired) electrons. The fraction of sp³-hybridized carbons (Fsp3) is 0.160. The SMILES string of the molecule is COc1ccc(/C(C#N)=C/c2ccc(OCc3ccc([N+](=O)[O-])cc3)c(OC)c2)cc1OC. The Kier molecular flexibility index (Phi) is 7.50. The lowest BCUT2D eigenvalue weighted by molar-refractivity contribution is -0.384. The number of nitriles is 1. The Morgan fingerprint density at radius 1 is 0.909 bits per heavy atom. The van der Waals surface area contributed by atoms with Gasteiger partial charge in [0.1, 0.15) is 6.61 Å². The maximum Gasteiger partial charge on any atom is 0.269 e. The van der Waals surface area contributed by atoms with E-state index in [2.05, 4.69) is 6.07 Å². The first kappa shape index (κ1) is 23.2. The molecular formula is C25H22N2O6. The van der Waals surface area contributed by atoms with Crippen molar-refractivity contribution in [2.75, 3.05) is 21.3 Å². The molecule has 0 N–H and O–H groups in total. The number of nitro groups is 1. The Morgan fingerprint density at radius 3 is 2.15 bits per heavy atom. The van der Waals surface area contributed by atoms with Crippen molar-refractivity contribution in [1.82, 2.24) is 0 Å². The second kappa shape index (κ2) is 10.7. The lowest BCUT2D eigenvalue weighted by Gasteiger charge is -2.12. The molecule has 168 valence electrons. The van der Waals surface area contributed by atoms with Crippen LogP contribution in [0.2, 0.25) is 0 Å². The van der Waals surface area contributed by atoms with Gasteiger partial charge in [0.15, 0.2) is 23.0 Å². The molecule has 8 heteroatoms. The highest BCUT2D eigenvalue weighted by Crippen LogP contribution is 2.33. The van der Waals surface area contributed by atoms with Gasteiger partial charge in [0.2, 0.25) is 0 Å². The first-order chi connectivity index (χ1) is 16.0. The Bertz CT molecular complexity index is 1210. The fourth-order valence-corrected chi connectivity index (χ4v) is 3.12. The molecule has 0 atom stereocenters. The first-order valence-electron chi connectivity index (χ1n) is 9.87. The van der Waals surface area contributed by atoms with E-state index in [1.807, 2.05) is 6.07 Å². The van der Waals surface area contributed by atoms with Crippen molar-refractivity contribution in [3.05, 3.63) is 87.5 Å². The van der Waals surface area contributed by atoms with Crippen LogP contribution >= 0.6 is 0 Å². The highest BCUT2D eigenvalue weighted by atomic mass is 16.6. The van der Waals surface area contributed by atoms with Crippen molar-refractivity contribution in [1.29, 1.82) is 5.26 Å². The quantitative estimate of drug-likeness (QED) is 0.191. The molecule has 0 aliphatic rings. The number of nitrogens with zero attached hydrogens (tertiary/aromatic N) is 2. The van der Waals surface area contributed by atoms with Gasteiger partial charge in [-0.05, 0) is 65.2 Å². The number of methoxy groups -OCH3 is 3. The van der Waals surface area contributed by atoms with Crippen LogP contribution in [0.25, 0.3) is 11.6 Å². The Morgan fingerprint density at radius 2 is 1.55 bits per heavy atom. The van der Waals surface area contributed by atoms with Gasteiger partial charge >= 0.3 is 0 Å².